The number of hydrogen-bond acceptors (Lipinski definition) is 0. The molecule has 0 atom stereocenters. The third-order valence-electron chi connectivity index (χ3n) is 0.992. The molecule has 0 amide bonds. The molecule has 40 valence electrons. The van der Waals surface area contributed by atoms with Crippen molar-refractivity contribution in [3.63, 3.8) is 0 Å². The van der Waals surface area contributed by atoms with Gasteiger partial charge >= 0.3 is 0 Å². The third kappa shape index (κ3) is 0.969. The molecular formula is C8H7-. The summed E-state index contributed by atoms with van der Waals surface area (Å²) < 4.78 is 0. The molecule has 0 N–H and O–H groups in total. The van der Waals surface area contributed by atoms with Gasteiger partial charge in [-0.2, -0.15) is 5.56 Å². The molecule has 0 unspecified atom stereocenters. The Kier molecular flexibility index (Phi) is 1.48. The van der Waals surface area contributed by atoms with Crippen molar-refractivity contribution in [1.82, 2.24) is 0 Å². The molecule has 1 aromatic carbocycles. The van der Waals surface area contributed by atoms with Crippen LogP contribution in [0.1, 0.15) is 5.56 Å². The summed E-state index contributed by atoms with van der Waals surface area (Å²) in [6.07, 6.45) is 1.58. The van der Waals surface area contributed by atoms with Gasteiger partial charge in [-0.05, 0) is 0 Å². The van der Waals surface area contributed by atoms with E-state index in [1.807, 2.05) is 30.3 Å². The van der Waals surface area contributed by atoms with Crippen molar-refractivity contribution in [2.24, 2.45) is 0 Å². The Labute approximate surface area is 49.5 Å². The Balaban J connectivity index is 2.99. The maximum absolute atomic E-state index is 5.22. The third-order valence-corrected chi connectivity index (χ3v) is 0.992. The van der Waals surface area contributed by atoms with E-state index in [2.05, 4.69) is 0 Å². The maximum Gasteiger partial charge on any atom is -0.0653 e. The van der Waals surface area contributed by atoms with Gasteiger partial charge in [0.2, 0.25) is 0 Å². The quantitative estimate of drug-likeness (QED) is 0.477. The monoisotopic (exact) mass is 103 g/mol. The zero-order valence-corrected chi connectivity index (χ0v) is 4.54. The fourth-order valence-electron chi connectivity index (χ4n) is 0.564. The van der Waals surface area contributed by atoms with Gasteiger partial charge in [-0.25, -0.2) is 6.08 Å². The molecule has 1 rings (SSSR count). The van der Waals surface area contributed by atoms with E-state index in [1.165, 1.54) is 0 Å². The molecule has 0 radical (unpaired) electrons. The molecule has 0 saturated carbocycles. The molecule has 1 aromatic rings. The lowest BCUT2D eigenvalue weighted by Gasteiger charge is -1.95. The molecule has 8 heavy (non-hydrogen) atoms. The Morgan fingerprint density at radius 1 is 1.12 bits per heavy atom. The van der Waals surface area contributed by atoms with Gasteiger partial charge in [0.25, 0.3) is 0 Å². The fourth-order valence-corrected chi connectivity index (χ4v) is 0.564. The van der Waals surface area contributed by atoms with E-state index in [4.69, 9.17) is 6.58 Å². The highest BCUT2D eigenvalue weighted by atomic mass is 13.8. The van der Waals surface area contributed by atoms with Gasteiger partial charge < -0.3 is 0 Å². The first-order valence-corrected chi connectivity index (χ1v) is 2.53. The molecule has 0 fully saturated rings. The minimum Gasteiger partial charge on any atom is -0.292 e. The second-order valence-electron chi connectivity index (χ2n) is 1.58. The topological polar surface area (TPSA) is 0 Å². The van der Waals surface area contributed by atoms with Crippen LogP contribution in [-0.2, 0) is 0 Å². The second kappa shape index (κ2) is 2.31. The molecule has 0 heteroatoms. The molecule has 0 saturated heterocycles. The van der Waals surface area contributed by atoms with Crippen LogP contribution < -0.4 is 0 Å². The van der Waals surface area contributed by atoms with Gasteiger partial charge in [-0.1, -0.05) is 18.2 Å². The Morgan fingerprint density at radius 2 is 1.75 bits per heavy atom. The van der Waals surface area contributed by atoms with Gasteiger partial charge in [0, 0.05) is 0 Å². The maximum atomic E-state index is 5.22. The lowest BCUT2D eigenvalue weighted by molar-refractivity contribution is 1.66. The summed E-state index contributed by atoms with van der Waals surface area (Å²) in [6.45, 7) is 5.22. The van der Waals surface area contributed by atoms with Crippen LogP contribution in [0.5, 0.6) is 0 Å². The molecule has 0 heterocycles. The molecule has 0 aliphatic carbocycles. The first kappa shape index (κ1) is 5.10. The Bertz CT molecular complexity index is 163. The average molecular weight is 103 g/mol. The zero-order valence-electron chi connectivity index (χ0n) is 4.54. The van der Waals surface area contributed by atoms with Crippen molar-refractivity contribution in [1.29, 1.82) is 0 Å². The zero-order chi connectivity index (χ0) is 5.82. The van der Waals surface area contributed by atoms with Crippen LogP contribution in [-0.4, -0.2) is 0 Å². The van der Waals surface area contributed by atoms with Crippen molar-refractivity contribution in [2.45, 2.75) is 0 Å². The fraction of sp³-hybridized carbons (Fsp3) is 0. The van der Waals surface area contributed by atoms with Crippen molar-refractivity contribution in [3.05, 3.63) is 42.5 Å². The summed E-state index contributed by atoms with van der Waals surface area (Å²) in [5, 5.41) is 0. The molecule has 0 spiro atoms. The largest absolute Gasteiger partial charge is 0.292 e. The van der Waals surface area contributed by atoms with Crippen LogP contribution in [0.2, 0.25) is 0 Å². The highest BCUT2D eigenvalue weighted by Gasteiger charge is 1.66. The van der Waals surface area contributed by atoms with E-state index in [0.29, 0.717) is 0 Å². The van der Waals surface area contributed by atoms with E-state index >= 15 is 0 Å². The summed E-state index contributed by atoms with van der Waals surface area (Å²) in [6, 6.07) is 9.80. The van der Waals surface area contributed by atoms with Crippen molar-refractivity contribution in [2.75, 3.05) is 0 Å². The number of rotatable bonds is 1. The van der Waals surface area contributed by atoms with Crippen molar-refractivity contribution in [3.8, 4) is 0 Å². The number of benzene rings is 1. The summed E-state index contributed by atoms with van der Waals surface area (Å²) in [4.78, 5) is 0. The van der Waals surface area contributed by atoms with Gasteiger partial charge in [-0.15, -0.1) is 12.1 Å². The van der Waals surface area contributed by atoms with E-state index < -0.39 is 0 Å². The van der Waals surface area contributed by atoms with Gasteiger partial charge in [0.05, 0.1) is 0 Å². The molecule has 0 aromatic heterocycles. The van der Waals surface area contributed by atoms with Crippen molar-refractivity contribution >= 4 is 6.08 Å². The smallest absolute Gasteiger partial charge is 0.0653 e. The highest BCUT2D eigenvalue weighted by molar-refractivity contribution is 5.44. The second-order valence-corrected chi connectivity index (χ2v) is 1.58. The van der Waals surface area contributed by atoms with Crippen LogP contribution in [0.4, 0.5) is 0 Å². The van der Waals surface area contributed by atoms with Crippen LogP contribution in [0.25, 0.3) is 6.08 Å². The van der Waals surface area contributed by atoms with Crippen LogP contribution in [0.3, 0.4) is 0 Å². The summed E-state index contributed by atoms with van der Waals surface area (Å²) in [7, 11) is 0. The molecule has 0 bridgehead atoms. The first-order valence-electron chi connectivity index (χ1n) is 2.53. The lowest BCUT2D eigenvalue weighted by atomic mass is 10.2. The first-order chi connectivity index (χ1) is 3.93. The van der Waals surface area contributed by atoms with Gasteiger partial charge in [0.15, 0.2) is 0 Å². The predicted molar refractivity (Wildman–Crippen MR) is 35.2 cm³/mol. The SMILES string of the molecule is [CH-]=Cc1ccccc1. The Morgan fingerprint density at radius 3 is 2.12 bits per heavy atom. The van der Waals surface area contributed by atoms with Gasteiger partial charge in [0.1, 0.15) is 0 Å². The van der Waals surface area contributed by atoms with Crippen LogP contribution >= 0.6 is 0 Å². The normalized spacial score (nSPS) is 8.50. The standard InChI is InChI=1S/C8H7/c1-2-8-6-4-3-5-7-8/h1-7H/q-1. The predicted octanol–water partition coefficient (Wildman–Crippen LogP) is 2.13. The summed E-state index contributed by atoms with van der Waals surface area (Å²) >= 11 is 0. The van der Waals surface area contributed by atoms with E-state index in [-0.39, 0.29) is 0 Å². The van der Waals surface area contributed by atoms with E-state index in [0.717, 1.165) is 5.56 Å². The van der Waals surface area contributed by atoms with E-state index in [9.17, 15) is 0 Å². The van der Waals surface area contributed by atoms with Crippen molar-refractivity contribution < 1.29 is 0 Å². The molecule has 0 aliphatic heterocycles. The van der Waals surface area contributed by atoms with E-state index in [1.54, 1.807) is 6.08 Å². The highest BCUT2D eigenvalue weighted by Crippen LogP contribution is 1.97. The van der Waals surface area contributed by atoms with Gasteiger partial charge in [-0.3, -0.25) is 6.58 Å². The molecule has 0 nitrogen and oxygen atoms in total. The van der Waals surface area contributed by atoms with Crippen LogP contribution in [0, 0.1) is 6.58 Å². The minimum absolute atomic E-state index is 1.06. The lowest BCUT2D eigenvalue weighted by Crippen LogP contribution is -1.63. The number of hydrogen-bond donors (Lipinski definition) is 0. The molecule has 0 aliphatic rings. The molecular weight excluding hydrogens is 96.1 g/mol. The summed E-state index contributed by atoms with van der Waals surface area (Å²) in [5.41, 5.74) is 1.06. The van der Waals surface area contributed by atoms with Crippen LogP contribution in [0.15, 0.2) is 30.3 Å². The minimum atomic E-state index is 1.06. The summed E-state index contributed by atoms with van der Waals surface area (Å²) in [5.74, 6) is 0. The average Bonchev–Trinajstić information content (AvgIpc) is 1.90. The Hall–Kier alpha value is -1.04.